The van der Waals surface area contributed by atoms with Crippen LogP contribution in [0.1, 0.15) is 63.2 Å². The van der Waals surface area contributed by atoms with Gasteiger partial charge in [-0.05, 0) is 24.3 Å². The molecule has 496 valence electrons. The number of hydrogen-bond donors (Lipinski definition) is 8. The van der Waals surface area contributed by atoms with Crippen molar-refractivity contribution in [3.8, 4) is 5.75 Å². The van der Waals surface area contributed by atoms with E-state index in [2.05, 4.69) is 62.5 Å². The third kappa shape index (κ3) is 23.8. The molecule has 6 aromatic heterocycles. The highest BCUT2D eigenvalue weighted by Crippen LogP contribution is 2.21. The SMILES string of the molecule is Cn1cc(NC(=O)c2nc(NC(=O)CCC(=O)Nc3cc(NC(=O)c4nccn4C)cn3C)cn2C)cc1NC(=O)CCC(=O)Nc1cn(C)c(C(=O)NCc2cn(CCOCCOCCOCCOCCOCCOCCOCCOc3ccc(N)cc3)nn2)n1. The maximum atomic E-state index is 13.3. The molecule has 0 unspecified atom stereocenters. The van der Waals surface area contributed by atoms with E-state index in [1.807, 2.05) is 12.1 Å². The van der Waals surface area contributed by atoms with E-state index in [4.69, 9.17) is 43.6 Å². The first-order valence-corrected chi connectivity index (χ1v) is 29.3. The van der Waals surface area contributed by atoms with E-state index in [0.29, 0.717) is 140 Å². The van der Waals surface area contributed by atoms with Crippen molar-refractivity contribution in [3.05, 3.63) is 103 Å². The second-order valence-electron chi connectivity index (χ2n) is 20.4. The molecule has 7 rings (SSSR count). The Morgan fingerprint density at radius 2 is 0.880 bits per heavy atom. The monoisotopic (exact) mass is 1280 g/mol. The van der Waals surface area contributed by atoms with Crippen molar-refractivity contribution in [2.45, 2.75) is 38.8 Å². The minimum absolute atomic E-state index is 0.0225. The third-order valence-electron chi connectivity index (χ3n) is 13.0. The van der Waals surface area contributed by atoms with Gasteiger partial charge in [0.2, 0.25) is 35.3 Å². The summed E-state index contributed by atoms with van der Waals surface area (Å²) in [5.74, 6) is -1.70. The standard InChI is InChI=1S/C58H79N19O15/c1-72-15-14-60-53(72)57(83)62-41-32-47(73(2)35-41)68-51(80)13-11-50(79)65-46-39-76(5)55(67-46)58(84)63-42-33-48(74(3)36-42)69-52(81)12-10-49(78)64-45-38-75(4)54(66-45)56(82)61-34-43-37-77(71-70-43)16-17-85-18-19-86-20-21-87-22-23-88-24-25-89-26-27-90-28-29-91-30-31-92-44-8-6-40(59)7-9-44/h6-9,14-15,32-33,35-39H,10-13,16-31,34,59H2,1-5H3,(H,61,82)(H,62,83)(H,63,84)(H,64,78)(H,65,79)(H,68,80)(H,69,81). The van der Waals surface area contributed by atoms with Crippen LogP contribution in [0.25, 0.3) is 0 Å². The number of nitrogens with one attached hydrogen (secondary N) is 7. The van der Waals surface area contributed by atoms with E-state index < -0.39 is 41.4 Å². The summed E-state index contributed by atoms with van der Waals surface area (Å²) in [6, 6.07) is 10.3. The highest BCUT2D eigenvalue weighted by atomic mass is 16.6. The summed E-state index contributed by atoms with van der Waals surface area (Å²) in [6.45, 7) is 6.98. The number of nitrogen functional groups attached to an aromatic ring is 1. The summed E-state index contributed by atoms with van der Waals surface area (Å²) in [6.07, 6.45) is 10.1. The van der Waals surface area contributed by atoms with Gasteiger partial charge in [-0.3, -0.25) is 33.6 Å². The topological polar surface area (TPSA) is 398 Å². The fourth-order valence-electron chi connectivity index (χ4n) is 8.36. The van der Waals surface area contributed by atoms with Crippen LogP contribution in [0.3, 0.4) is 0 Å². The number of anilines is 7. The molecule has 1 aromatic carbocycles. The number of rotatable bonds is 42. The highest BCUT2D eigenvalue weighted by molar-refractivity contribution is 6.04. The molecule has 0 saturated heterocycles. The van der Waals surface area contributed by atoms with Crippen molar-refractivity contribution in [1.29, 1.82) is 0 Å². The quantitative estimate of drug-likeness (QED) is 0.0201. The average molecular weight is 1280 g/mol. The van der Waals surface area contributed by atoms with Crippen LogP contribution in [-0.2, 0) is 101 Å². The highest BCUT2D eigenvalue weighted by Gasteiger charge is 2.21. The van der Waals surface area contributed by atoms with Crippen LogP contribution >= 0.6 is 0 Å². The minimum Gasteiger partial charge on any atom is -0.491 e. The van der Waals surface area contributed by atoms with Crippen LogP contribution in [-0.4, -0.2) is 193 Å². The van der Waals surface area contributed by atoms with Gasteiger partial charge in [-0.25, -0.2) is 19.6 Å². The number of imidazole rings is 3. The van der Waals surface area contributed by atoms with Gasteiger partial charge >= 0.3 is 0 Å². The molecule has 34 heteroatoms. The van der Waals surface area contributed by atoms with Gasteiger partial charge in [-0.2, -0.15) is 0 Å². The molecule has 34 nitrogen and oxygen atoms in total. The van der Waals surface area contributed by atoms with Gasteiger partial charge in [-0.1, -0.05) is 5.21 Å². The number of aryl methyl sites for hydroxylation is 5. The molecule has 0 aliphatic rings. The van der Waals surface area contributed by atoms with Crippen molar-refractivity contribution in [2.24, 2.45) is 35.2 Å². The van der Waals surface area contributed by atoms with Gasteiger partial charge in [0.1, 0.15) is 29.7 Å². The average Bonchev–Trinajstić information content (AvgIpc) is 1.78. The second kappa shape index (κ2) is 36.7. The second-order valence-corrected chi connectivity index (χ2v) is 20.4. The number of hydrogen-bond acceptors (Lipinski definition) is 21. The van der Waals surface area contributed by atoms with Crippen molar-refractivity contribution < 1.29 is 71.5 Å². The lowest BCUT2D eigenvalue weighted by Gasteiger charge is -2.09. The molecule has 0 bridgehead atoms. The largest absolute Gasteiger partial charge is 0.491 e. The Hall–Kier alpha value is -9.84. The van der Waals surface area contributed by atoms with Gasteiger partial charge in [0.15, 0.2) is 17.5 Å². The number of nitrogens with zero attached hydrogens (tertiary/aromatic N) is 11. The summed E-state index contributed by atoms with van der Waals surface area (Å²) in [4.78, 5) is 103. The Balaban J connectivity index is 0.672. The van der Waals surface area contributed by atoms with Crippen LogP contribution in [0.4, 0.5) is 40.3 Å². The van der Waals surface area contributed by atoms with E-state index >= 15 is 0 Å². The summed E-state index contributed by atoms with van der Waals surface area (Å²) in [7, 11) is 8.18. The molecule has 0 fully saturated rings. The predicted molar refractivity (Wildman–Crippen MR) is 333 cm³/mol. The van der Waals surface area contributed by atoms with Crippen molar-refractivity contribution in [1.82, 2.24) is 58.1 Å². The molecule has 0 aliphatic heterocycles. The zero-order chi connectivity index (χ0) is 65.6. The molecule has 0 atom stereocenters. The summed E-state index contributed by atoms with van der Waals surface area (Å²) in [5, 5.41) is 27.0. The first-order valence-electron chi connectivity index (χ1n) is 29.3. The van der Waals surface area contributed by atoms with Crippen molar-refractivity contribution >= 4 is 81.7 Å². The smallest absolute Gasteiger partial charge is 0.291 e. The fourth-order valence-corrected chi connectivity index (χ4v) is 8.36. The molecule has 7 aromatic rings. The Morgan fingerprint density at radius 1 is 0.457 bits per heavy atom. The van der Waals surface area contributed by atoms with Gasteiger partial charge in [0.25, 0.3) is 17.7 Å². The van der Waals surface area contributed by atoms with Gasteiger partial charge in [0.05, 0.1) is 123 Å². The van der Waals surface area contributed by atoms with Crippen LogP contribution in [0, 0.1) is 0 Å². The zero-order valence-corrected chi connectivity index (χ0v) is 52.0. The van der Waals surface area contributed by atoms with Crippen LogP contribution in [0.15, 0.2) is 79.8 Å². The Morgan fingerprint density at radius 3 is 1.34 bits per heavy atom. The lowest BCUT2D eigenvalue weighted by atomic mass is 10.3. The molecule has 0 radical (unpaired) electrons. The maximum Gasteiger partial charge on any atom is 0.291 e. The molecule has 9 N–H and O–H groups in total. The molecule has 7 amide bonds. The van der Waals surface area contributed by atoms with Gasteiger partial charge < -0.3 is 104 Å². The Kier molecular flexibility index (Phi) is 27.8. The van der Waals surface area contributed by atoms with E-state index in [0.717, 1.165) is 5.75 Å². The molecular formula is C58H79N19O15. The number of carbonyl (C=O) groups excluding carboxylic acids is 7. The molecule has 0 saturated carbocycles. The number of benzene rings is 1. The van der Waals surface area contributed by atoms with Crippen molar-refractivity contribution in [3.63, 3.8) is 0 Å². The summed E-state index contributed by atoms with van der Waals surface area (Å²) >= 11 is 0. The molecule has 0 spiro atoms. The number of aromatic nitrogens is 11. The Bertz CT molecular complexity index is 3510. The van der Waals surface area contributed by atoms with Gasteiger partial charge in [-0.15, -0.1) is 5.10 Å². The first-order chi connectivity index (χ1) is 44.5. The summed E-state index contributed by atoms with van der Waals surface area (Å²) < 4.78 is 53.5. The molecule has 0 aliphatic carbocycles. The lowest BCUT2D eigenvalue weighted by Crippen LogP contribution is -2.26. The summed E-state index contributed by atoms with van der Waals surface area (Å²) in [5.41, 5.74) is 7.60. The molecular weight excluding hydrogens is 1200 g/mol. The van der Waals surface area contributed by atoms with Crippen LogP contribution in [0.5, 0.6) is 5.75 Å². The zero-order valence-electron chi connectivity index (χ0n) is 52.0. The lowest BCUT2D eigenvalue weighted by molar-refractivity contribution is -0.121. The van der Waals surface area contributed by atoms with Crippen LogP contribution in [0.2, 0.25) is 0 Å². The number of amides is 7. The number of ether oxygens (including phenoxy) is 8. The predicted octanol–water partition coefficient (Wildman–Crippen LogP) is 2.08. The fraction of sp³-hybridized carbons (Fsp3) is 0.448. The van der Waals surface area contributed by atoms with Gasteiger partial charge in [0, 0.05) is 116 Å². The third-order valence-corrected chi connectivity index (χ3v) is 13.0. The van der Waals surface area contributed by atoms with E-state index in [1.54, 1.807) is 96.6 Å². The van der Waals surface area contributed by atoms with E-state index in [9.17, 15) is 33.6 Å². The first kappa shape index (κ1) is 69.6. The molecule has 92 heavy (non-hydrogen) atoms. The normalized spacial score (nSPS) is 11.1. The van der Waals surface area contributed by atoms with Crippen molar-refractivity contribution in [2.75, 3.05) is 137 Å². The Labute approximate surface area is 529 Å². The van der Waals surface area contributed by atoms with E-state index in [-0.39, 0.29) is 61.3 Å². The van der Waals surface area contributed by atoms with E-state index in [1.165, 1.54) is 33.8 Å². The number of nitrogens with two attached hydrogens (primary N) is 1. The molecule has 6 heterocycles. The van der Waals surface area contributed by atoms with Crippen LogP contribution < -0.4 is 47.7 Å². The maximum absolute atomic E-state index is 13.3. The number of carbonyl (C=O) groups is 7. The minimum atomic E-state index is -0.618.